The van der Waals surface area contributed by atoms with Gasteiger partial charge in [0.2, 0.25) is 20.0 Å². The Bertz CT molecular complexity index is 1110. The summed E-state index contributed by atoms with van der Waals surface area (Å²) < 4.78 is 54.3. The van der Waals surface area contributed by atoms with Gasteiger partial charge in [0.1, 0.15) is 0 Å². The van der Waals surface area contributed by atoms with Crippen LogP contribution < -0.4 is 9.62 Å². The molecule has 7 nitrogen and oxygen atoms in total. The monoisotopic (exact) mass is 471 g/mol. The maximum absolute atomic E-state index is 12.7. The number of rotatable bonds is 7. The van der Waals surface area contributed by atoms with E-state index in [0.29, 0.717) is 36.8 Å². The minimum absolute atomic E-state index is 0.174. The van der Waals surface area contributed by atoms with Crippen molar-refractivity contribution in [3.63, 3.8) is 0 Å². The smallest absolute Gasteiger partial charge is 0.240 e. The maximum Gasteiger partial charge on any atom is 0.240 e. The molecule has 1 fully saturated rings. The highest BCUT2D eigenvalue weighted by Gasteiger charge is 2.27. The Morgan fingerprint density at radius 2 is 1.67 bits per heavy atom. The maximum atomic E-state index is 12.7. The van der Waals surface area contributed by atoms with Crippen LogP contribution in [-0.2, 0) is 20.0 Å². The molecular weight excluding hydrogens is 446 g/mol. The van der Waals surface area contributed by atoms with E-state index in [1.165, 1.54) is 4.31 Å². The molecule has 2 aromatic rings. The van der Waals surface area contributed by atoms with Crippen molar-refractivity contribution in [2.24, 2.45) is 0 Å². The molecule has 0 atom stereocenters. The fourth-order valence-electron chi connectivity index (χ4n) is 3.41. The van der Waals surface area contributed by atoms with Crippen LogP contribution >= 0.6 is 11.6 Å². The minimum atomic E-state index is -3.77. The largest absolute Gasteiger partial charge is 0.369 e. The first kappa shape index (κ1) is 23.0. The van der Waals surface area contributed by atoms with Gasteiger partial charge in [0.25, 0.3) is 0 Å². The number of hydrogen-bond acceptors (Lipinski definition) is 5. The molecule has 2 aromatic carbocycles. The molecule has 0 amide bonds. The molecule has 1 aliphatic heterocycles. The molecule has 1 saturated heterocycles. The van der Waals surface area contributed by atoms with Crippen molar-refractivity contribution in [2.45, 2.75) is 18.7 Å². The second kappa shape index (κ2) is 9.23. The molecule has 1 aliphatic rings. The quantitative estimate of drug-likeness (QED) is 0.670. The molecule has 3 rings (SSSR count). The second-order valence-electron chi connectivity index (χ2n) is 7.35. The highest BCUT2D eigenvalue weighted by molar-refractivity contribution is 7.90. The number of piperazine rings is 1. The molecular formula is C20H26ClN3O4S2. The Balaban J connectivity index is 1.56. The van der Waals surface area contributed by atoms with E-state index in [0.717, 1.165) is 11.3 Å². The number of anilines is 1. The molecule has 0 aliphatic carbocycles. The SMILES string of the molecule is Cc1ccc(C)c(S(=O)(=O)NCCS(=O)(=O)N2CCN(c3cccc(Cl)c3)CC2)c1. The summed E-state index contributed by atoms with van der Waals surface area (Å²) in [5, 5.41) is 0.638. The summed E-state index contributed by atoms with van der Waals surface area (Å²) in [5.74, 6) is -0.283. The van der Waals surface area contributed by atoms with Crippen molar-refractivity contribution in [3.05, 3.63) is 58.6 Å². The number of nitrogens with one attached hydrogen (secondary N) is 1. The number of sulfonamides is 2. The van der Waals surface area contributed by atoms with Gasteiger partial charge in [0.15, 0.2) is 0 Å². The van der Waals surface area contributed by atoms with E-state index in [4.69, 9.17) is 11.6 Å². The molecule has 0 aromatic heterocycles. The third-order valence-corrected chi connectivity index (χ3v) is 8.80. The number of halogens is 1. The first-order chi connectivity index (χ1) is 14.1. The first-order valence-corrected chi connectivity index (χ1v) is 13.1. The van der Waals surface area contributed by atoms with E-state index >= 15 is 0 Å². The highest BCUT2D eigenvalue weighted by Crippen LogP contribution is 2.21. The van der Waals surface area contributed by atoms with Crippen LogP contribution in [0.15, 0.2) is 47.4 Å². The molecule has 0 spiro atoms. The highest BCUT2D eigenvalue weighted by atomic mass is 35.5. The third-order valence-electron chi connectivity index (χ3n) is 5.09. The summed E-state index contributed by atoms with van der Waals surface area (Å²) in [6, 6.07) is 12.6. The second-order valence-corrected chi connectivity index (χ2v) is 11.6. The van der Waals surface area contributed by atoms with Crippen molar-refractivity contribution in [1.82, 2.24) is 9.03 Å². The summed E-state index contributed by atoms with van der Waals surface area (Å²) >= 11 is 6.03. The van der Waals surface area contributed by atoms with Crippen LogP contribution in [0.3, 0.4) is 0 Å². The summed E-state index contributed by atoms with van der Waals surface area (Å²) in [4.78, 5) is 2.26. The number of hydrogen-bond donors (Lipinski definition) is 1. The van der Waals surface area contributed by atoms with Gasteiger partial charge >= 0.3 is 0 Å². The van der Waals surface area contributed by atoms with Crippen LogP contribution in [0.4, 0.5) is 5.69 Å². The van der Waals surface area contributed by atoms with Gasteiger partial charge in [-0.2, -0.15) is 4.31 Å². The van der Waals surface area contributed by atoms with Gasteiger partial charge in [0, 0.05) is 43.4 Å². The summed E-state index contributed by atoms with van der Waals surface area (Å²) in [6.07, 6.45) is 0. The Kier molecular flexibility index (Phi) is 7.09. The van der Waals surface area contributed by atoms with E-state index in [2.05, 4.69) is 9.62 Å². The lowest BCUT2D eigenvalue weighted by molar-refractivity contribution is 0.385. The standard InChI is InChI=1S/C20H26ClN3O4S2/c1-16-6-7-17(2)20(14-16)30(27,28)22-8-13-29(25,26)24-11-9-23(10-12-24)19-5-3-4-18(21)15-19/h3-7,14-15,22H,8-13H2,1-2H3. The number of nitrogens with zero attached hydrogens (tertiary/aromatic N) is 2. The molecule has 1 heterocycles. The predicted octanol–water partition coefficient (Wildman–Crippen LogP) is 2.39. The van der Waals surface area contributed by atoms with E-state index in [9.17, 15) is 16.8 Å². The topological polar surface area (TPSA) is 86.8 Å². The zero-order chi connectivity index (χ0) is 21.9. The predicted molar refractivity (Wildman–Crippen MR) is 120 cm³/mol. The fourth-order valence-corrected chi connectivity index (χ4v) is 6.42. The lowest BCUT2D eigenvalue weighted by Crippen LogP contribution is -2.50. The zero-order valence-corrected chi connectivity index (χ0v) is 19.4. The van der Waals surface area contributed by atoms with Crippen LogP contribution in [0.5, 0.6) is 0 Å². The molecule has 10 heteroatoms. The Morgan fingerprint density at radius 1 is 0.967 bits per heavy atom. The van der Waals surface area contributed by atoms with Crippen molar-refractivity contribution >= 4 is 37.3 Å². The Labute approximate surface area is 183 Å². The van der Waals surface area contributed by atoms with Crippen molar-refractivity contribution in [1.29, 1.82) is 0 Å². The molecule has 0 unspecified atom stereocenters. The zero-order valence-electron chi connectivity index (χ0n) is 17.0. The van der Waals surface area contributed by atoms with Crippen LogP contribution in [0.2, 0.25) is 5.02 Å². The first-order valence-electron chi connectivity index (χ1n) is 9.64. The average Bonchev–Trinajstić information content (AvgIpc) is 2.69. The van der Waals surface area contributed by atoms with E-state index in [1.807, 2.05) is 31.2 Å². The normalized spacial score (nSPS) is 16.0. The van der Waals surface area contributed by atoms with E-state index < -0.39 is 20.0 Å². The molecule has 0 saturated carbocycles. The summed E-state index contributed by atoms with van der Waals surface area (Å²) in [7, 11) is -7.34. The molecule has 30 heavy (non-hydrogen) atoms. The van der Waals surface area contributed by atoms with Gasteiger partial charge in [-0.3, -0.25) is 0 Å². The van der Waals surface area contributed by atoms with Crippen molar-refractivity contribution < 1.29 is 16.8 Å². The van der Waals surface area contributed by atoms with E-state index in [-0.39, 0.29) is 17.2 Å². The molecule has 0 bridgehead atoms. The van der Waals surface area contributed by atoms with Gasteiger partial charge in [-0.15, -0.1) is 0 Å². The third kappa shape index (κ3) is 5.53. The van der Waals surface area contributed by atoms with Gasteiger partial charge in [0.05, 0.1) is 10.6 Å². The van der Waals surface area contributed by atoms with Crippen LogP contribution in [0, 0.1) is 13.8 Å². The van der Waals surface area contributed by atoms with Gasteiger partial charge < -0.3 is 4.90 Å². The number of aryl methyl sites for hydroxylation is 2. The minimum Gasteiger partial charge on any atom is -0.369 e. The lowest BCUT2D eigenvalue weighted by Gasteiger charge is -2.35. The average molecular weight is 472 g/mol. The van der Waals surface area contributed by atoms with Crippen LogP contribution in [0.25, 0.3) is 0 Å². The fraction of sp³-hybridized carbons (Fsp3) is 0.400. The molecule has 1 N–H and O–H groups in total. The lowest BCUT2D eigenvalue weighted by atomic mass is 10.2. The van der Waals surface area contributed by atoms with Gasteiger partial charge in [-0.25, -0.2) is 21.6 Å². The molecule has 164 valence electrons. The Hall–Kier alpha value is -1.65. The number of benzene rings is 2. The molecule has 0 radical (unpaired) electrons. The van der Waals surface area contributed by atoms with Crippen LogP contribution in [-0.4, -0.2) is 59.6 Å². The van der Waals surface area contributed by atoms with Gasteiger partial charge in [-0.05, 0) is 49.2 Å². The van der Waals surface area contributed by atoms with Crippen molar-refractivity contribution in [2.75, 3.05) is 43.4 Å². The van der Waals surface area contributed by atoms with Crippen molar-refractivity contribution in [3.8, 4) is 0 Å². The van der Waals surface area contributed by atoms with Crippen LogP contribution in [0.1, 0.15) is 11.1 Å². The summed E-state index contributed by atoms with van der Waals surface area (Å²) in [5.41, 5.74) is 2.40. The summed E-state index contributed by atoms with van der Waals surface area (Å²) in [6.45, 7) is 5.14. The van der Waals surface area contributed by atoms with E-state index in [1.54, 1.807) is 25.1 Å². The Morgan fingerprint density at radius 3 is 2.33 bits per heavy atom. The van der Waals surface area contributed by atoms with Gasteiger partial charge in [-0.1, -0.05) is 29.8 Å².